The van der Waals surface area contributed by atoms with Crippen LogP contribution in [-0.2, 0) is 0 Å². The number of nitrogens with zero attached hydrogens (tertiary/aromatic N) is 4. The van der Waals surface area contributed by atoms with Crippen molar-refractivity contribution in [2.45, 2.75) is 5.38 Å². The Kier molecular flexibility index (Phi) is 3.38. The summed E-state index contributed by atoms with van der Waals surface area (Å²) in [5.74, 6) is -1.02. The summed E-state index contributed by atoms with van der Waals surface area (Å²) < 4.78 is 0. The maximum absolute atomic E-state index is 9.39. The van der Waals surface area contributed by atoms with Gasteiger partial charge in [-0.25, -0.2) is 0 Å². The molecular weight excluding hydrogens is 272 g/mol. The molecule has 2 rings (SSSR count). The lowest BCUT2D eigenvalue weighted by molar-refractivity contribution is 0.00685. The minimum Gasteiger partial charge on any atom is -0.196 e. The van der Waals surface area contributed by atoms with E-state index in [-0.39, 0.29) is 5.38 Å². The Hall–Kier alpha value is -2.53. The summed E-state index contributed by atoms with van der Waals surface area (Å²) in [5.41, 5.74) is -3.31. The molecule has 0 aromatic rings. The quantitative estimate of drug-likeness (QED) is 0.503. The molecule has 20 heavy (non-hydrogen) atoms. The van der Waals surface area contributed by atoms with E-state index >= 15 is 0 Å². The molecule has 0 saturated heterocycles. The zero-order valence-corrected chi connectivity index (χ0v) is 11.1. The smallest absolute Gasteiger partial charge is 0.182 e. The number of hydrogen-bond acceptors (Lipinski definition) is 4. The lowest BCUT2D eigenvalue weighted by atomic mass is 9.39. The largest absolute Gasteiger partial charge is 0.196 e. The van der Waals surface area contributed by atoms with E-state index in [0.717, 1.165) is 0 Å². The van der Waals surface area contributed by atoms with Gasteiger partial charge in [0.2, 0.25) is 0 Å². The van der Waals surface area contributed by atoms with E-state index in [0.29, 0.717) is 0 Å². The van der Waals surface area contributed by atoms with Crippen LogP contribution in [0.25, 0.3) is 0 Å². The summed E-state index contributed by atoms with van der Waals surface area (Å²) >= 11 is 6.02. The Balaban J connectivity index is 2.63. The fourth-order valence-electron chi connectivity index (χ4n) is 2.84. The fraction of sp³-hybridized carbons (Fsp3) is 0.333. The highest BCUT2D eigenvalue weighted by Gasteiger charge is 2.74. The van der Waals surface area contributed by atoms with Crippen molar-refractivity contribution in [3.05, 3.63) is 36.5 Å². The Labute approximate surface area is 122 Å². The Bertz CT molecular complexity index is 647. The molecule has 3 atom stereocenters. The molecule has 0 spiro atoms. The van der Waals surface area contributed by atoms with Crippen molar-refractivity contribution < 1.29 is 0 Å². The van der Waals surface area contributed by atoms with Crippen molar-refractivity contribution in [3.63, 3.8) is 0 Å². The first-order valence-electron chi connectivity index (χ1n) is 5.94. The molecule has 2 aliphatic rings. The Morgan fingerprint density at radius 3 is 1.65 bits per heavy atom. The number of hydrogen-bond donors (Lipinski definition) is 0. The number of rotatable bonds is 0. The lowest BCUT2D eigenvalue weighted by Crippen LogP contribution is -2.62. The van der Waals surface area contributed by atoms with Crippen LogP contribution in [0.2, 0.25) is 0 Å². The molecule has 5 heteroatoms. The molecule has 96 valence electrons. The Morgan fingerprint density at radius 2 is 1.15 bits per heavy atom. The lowest BCUT2D eigenvalue weighted by Gasteiger charge is -2.53. The van der Waals surface area contributed by atoms with Gasteiger partial charge in [-0.1, -0.05) is 36.5 Å². The normalized spacial score (nSPS) is 36.5. The summed E-state index contributed by atoms with van der Waals surface area (Å²) in [5, 5.41) is 37.2. The van der Waals surface area contributed by atoms with E-state index in [2.05, 4.69) is 0 Å². The number of alkyl halides is 1. The highest BCUT2D eigenvalue weighted by molar-refractivity contribution is 6.23. The third kappa shape index (κ3) is 1.50. The van der Waals surface area contributed by atoms with E-state index in [1.54, 1.807) is 36.5 Å². The minimum atomic E-state index is -1.66. The first-order valence-corrected chi connectivity index (χ1v) is 6.38. The molecule has 1 saturated carbocycles. The Morgan fingerprint density at radius 1 is 0.700 bits per heavy atom. The molecule has 0 N–H and O–H groups in total. The second kappa shape index (κ2) is 4.86. The highest BCUT2D eigenvalue weighted by atomic mass is 35.5. The molecule has 0 aliphatic heterocycles. The van der Waals surface area contributed by atoms with Crippen LogP contribution in [0.1, 0.15) is 0 Å². The van der Waals surface area contributed by atoms with Gasteiger partial charge >= 0.3 is 0 Å². The molecule has 1 fully saturated rings. The summed E-state index contributed by atoms with van der Waals surface area (Å²) in [6.07, 6.45) is 10.2. The van der Waals surface area contributed by atoms with Gasteiger partial charge in [-0.15, -0.1) is 11.6 Å². The molecule has 0 amide bonds. The van der Waals surface area contributed by atoms with E-state index in [1.165, 1.54) is 0 Å². The van der Waals surface area contributed by atoms with Gasteiger partial charge in [0.1, 0.15) is 0 Å². The van der Waals surface area contributed by atoms with Crippen molar-refractivity contribution in [1.29, 1.82) is 21.0 Å². The van der Waals surface area contributed by atoms with Crippen molar-refractivity contribution in [2.24, 2.45) is 22.7 Å². The summed E-state index contributed by atoms with van der Waals surface area (Å²) in [6.45, 7) is 0. The van der Waals surface area contributed by atoms with E-state index < -0.39 is 22.7 Å². The number of halogens is 1. The zero-order chi connectivity index (χ0) is 14.8. The average Bonchev–Trinajstić information content (AvgIpc) is 2.54. The first kappa shape index (κ1) is 13.9. The maximum Gasteiger partial charge on any atom is 0.182 e. The molecule has 0 bridgehead atoms. The van der Waals surface area contributed by atoms with Crippen LogP contribution in [0, 0.1) is 68.0 Å². The molecule has 0 aromatic heterocycles. The average molecular weight is 281 g/mol. The van der Waals surface area contributed by atoms with Crippen LogP contribution in [0.5, 0.6) is 0 Å². The predicted octanol–water partition coefficient (Wildman–Crippen LogP) is 2.59. The van der Waals surface area contributed by atoms with Gasteiger partial charge in [-0.05, 0) is 0 Å². The highest BCUT2D eigenvalue weighted by Crippen LogP contribution is 2.65. The molecule has 2 aliphatic carbocycles. The van der Waals surface area contributed by atoms with Crippen LogP contribution < -0.4 is 0 Å². The molecule has 2 unspecified atom stereocenters. The summed E-state index contributed by atoms with van der Waals surface area (Å²) in [6, 6.07) is 7.55. The standard InChI is InChI=1S/C15H9ClN4/c16-11-3-1-2-4-12-13(6-5-11)15(9-19,10-20)14(12,7-17)8-18/h1-6,11-13H/b3-1-,4-2-,6-5-/t11?,12?,13-/m0/s1. The van der Waals surface area contributed by atoms with Crippen LogP contribution in [0.4, 0.5) is 0 Å². The topological polar surface area (TPSA) is 95.2 Å². The van der Waals surface area contributed by atoms with E-state index in [4.69, 9.17) is 11.6 Å². The van der Waals surface area contributed by atoms with Gasteiger partial charge in [0.15, 0.2) is 10.8 Å². The first-order chi connectivity index (χ1) is 9.61. The molecule has 0 radical (unpaired) electrons. The van der Waals surface area contributed by atoms with Gasteiger partial charge in [0.25, 0.3) is 0 Å². The summed E-state index contributed by atoms with van der Waals surface area (Å²) in [4.78, 5) is 0. The fourth-order valence-corrected chi connectivity index (χ4v) is 3.01. The van der Waals surface area contributed by atoms with Gasteiger partial charge < -0.3 is 0 Å². The van der Waals surface area contributed by atoms with Crippen LogP contribution in [-0.4, -0.2) is 5.38 Å². The van der Waals surface area contributed by atoms with Gasteiger partial charge in [0, 0.05) is 11.8 Å². The predicted molar refractivity (Wildman–Crippen MR) is 71.4 cm³/mol. The van der Waals surface area contributed by atoms with Crippen molar-refractivity contribution >= 4 is 11.6 Å². The number of nitriles is 4. The van der Waals surface area contributed by atoms with Crippen LogP contribution in [0.3, 0.4) is 0 Å². The van der Waals surface area contributed by atoms with Gasteiger partial charge in [0.05, 0.1) is 29.7 Å². The summed E-state index contributed by atoms with van der Waals surface area (Å²) in [7, 11) is 0. The minimum absolute atomic E-state index is 0.354. The van der Waals surface area contributed by atoms with E-state index in [1.807, 2.05) is 24.3 Å². The number of fused-ring (bicyclic) bond motifs is 1. The van der Waals surface area contributed by atoms with Crippen LogP contribution in [0.15, 0.2) is 36.5 Å². The third-order valence-corrected chi connectivity index (χ3v) is 4.23. The molecule has 0 heterocycles. The molecule has 0 aromatic carbocycles. The second-order valence-corrected chi connectivity index (χ2v) is 5.22. The second-order valence-electron chi connectivity index (χ2n) is 4.71. The van der Waals surface area contributed by atoms with Crippen molar-refractivity contribution in [1.82, 2.24) is 0 Å². The molecular formula is C15H9ClN4. The maximum atomic E-state index is 9.39. The van der Waals surface area contributed by atoms with Gasteiger partial charge in [-0.2, -0.15) is 21.0 Å². The van der Waals surface area contributed by atoms with Gasteiger partial charge in [-0.3, -0.25) is 0 Å². The van der Waals surface area contributed by atoms with Crippen molar-refractivity contribution in [3.8, 4) is 24.3 Å². The zero-order valence-electron chi connectivity index (χ0n) is 10.4. The van der Waals surface area contributed by atoms with E-state index in [9.17, 15) is 21.0 Å². The van der Waals surface area contributed by atoms with Crippen LogP contribution >= 0.6 is 11.6 Å². The SMILES string of the molecule is N#CC1(C#N)C2/C=C\C=C/C(Cl)/C=C\[C@@H]2C1(C#N)C#N. The third-order valence-electron chi connectivity index (χ3n) is 3.94. The monoisotopic (exact) mass is 280 g/mol. The van der Waals surface area contributed by atoms with Crippen molar-refractivity contribution in [2.75, 3.05) is 0 Å². The number of allylic oxidation sites excluding steroid dienone is 6. The molecule has 4 nitrogen and oxygen atoms in total.